The van der Waals surface area contributed by atoms with Gasteiger partial charge in [0, 0.05) is 15.4 Å². The van der Waals surface area contributed by atoms with Crippen molar-refractivity contribution in [3.05, 3.63) is 76.8 Å². The zero-order chi connectivity index (χ0) is 17.3. The van der Waals surface area contributed by atoms with Crippen LogP contribution in [0.1, 0.15) is 17.3 Å². The molecular formula is C19H15BrO3S. The number of rotatable bonds is 4. The molecule has 0 fully saturated rings. The summed E-state index contributed by atoms with van der Waals surface area (Å²) in [7, 11) is -3.80. The maximum Gasteiger partial charge on any atom is 0.189 e. The molecule has 3 nitrogen and oxygen atoms in total. The van der Waals surface area contributed by atoms with Crippen molar-refractivity contribution in [3.8, 4) is 0 Å². The van der Waals surface area contributed by atoms with Crippen LogP contribution in [0.15, 0.2) is 76.1 Å². The van der Waals surface area contributed by atoms with Crippen molar-refractivity contribution in [2.45, 2.75) is 17.1 Å². The Bertz CT molecular complexity index is 1010. The highest BCUT2D eigenvalue weighted by molar-refractivity contribution is 9.10. The number of fused-ring (bicyclic) bond motifs is 1. The standard InChI is InChI=1S/C19H15BrO3S/c1-13(19(21)14-7-3-2-4-8-14)24(22,23)18-12-11-17(20)15-9-5-6-10-16(15)18/h2-13H,1H3. The molecule has 0 aliphatic carbocycles. The van der Waals surface area contributed by atoms with Gasteiger partial charge in [-0.15, -0.1) is 0 Å². The van der Waals surface area contributed by atoms with Gasteiger partial charge in [-0.3, -0.25) is 4.79 Å². The number of benzene rings is 3. The van der Waals surface area contributed by atoms with Crippen molar-refractivity contribution in [2.24, 2.45) is 0 Å². The van der Waals surface area contributed by atoms with Crippen molar-refractivity contribution in [3.63, 3.8) is 0 Å². The molecule has 0 aliphatic heterocycles. The first kappa shape index (κ1) is 16.9. The summed E-state index contributed by atoms with van der Waals surface area (Å²) >= 11 is 3.44. The smallest absolute Gasteiger partial charge is 0.189 e. The molecule has 3 rings (SSSR count). The first-order valence-electron chi connectivity index (χ1n) is 7.43. The number of halogens is 1. The number of hydrogen-bond acceptors (Lipinski definition) is 3. The number of sulfone groups is 1. The van der Waals surface area contributed by atoms with Gasteiger partial charge in [0.05, 0.1) is 4.90 Å². The maximum absolute atomic E-state index is 13.0. The Kier molecular flexibility index (Phi) is 4.56. The lowest BCUT2D eigenvalue weighted by atomic mass is 10.1. The summed E-state index contributed by atoms with van der Waals surface area (Å²) < 4.78 is 26.9. The predicted molar refractivity (Wildman–Crippen MR) is 99.1 cm³/mol. The summed E-state index contributed by atoms with van der Waals surface area (Å²) in [5.41, 5.74) is 0.398. The molecule has 0 saturated heterocycles. The average molecular weight is 403 g/mol. The molecule has 24 heavy (non-hydrogen) atoms. The molecule has 3 aromatic carbocycles. The van der Waals surface area contributed by atoms with Crippen molar-refractivity contribution >= 4 is 42.3 Å². The highest BCUT2D eigenvalue weighted by atomic mass is 79.9. The third-order valence-electron chi connectivity index (χ3n) is 4.03. The third kappa shape index (κ3) is 2.89. The minimum absolute atomic E-state index is 0.179. The Morgan fingerprint density at radius 1 is 0.875 bits per heavy atom. The molecule has 5 heteroatoms. The fraction of sp³-hybridized carbons (Fsp3) is 0.105. The van der Waals surface area contributed by atoms with E-state index in [1.165, 1.54) is 6.92 Å². The van der Waals surface area contributed by atoms with Gasteiger partial charge in [0.1, 0.15) is 5.25 Å². The van der Waals surface area contributed by atoms with Crippen molar-refractivity contribution < 1.29 is 13.2 Å². The molecule has 0 aliphatic rings. The van der Waals surface area contributed by atoms with Gasteiger partial charge in [0.15, 0.2) is 15.6 Å². The summed E-state index contributed by atoms with van der Waals surface area (Å²) in [4.78, 5) is 12.8. The Labute approximate surface area is 149 Å². The second kappa shape index (κ2) is 6.49. The van der Waals surface area contributed by atoms with Gasteiger partial charge in [-0.2, -0.15) is 0 Å². The van der Waals surface area contributed by atoms with E-state index in [-0.39, 0.29) is 4.90 Å². The van der Waals surface area contributed by atoms with Gasteiger partial charge < -0.3 is 0 Å². The Balaban J connectivity index is 2.12. The van der Waals surface area contributed by atoms with Gasteiger partial charge in [-0.1, -0.05) is 70.5 Å². The minimum Gasteiger partial charge on any atom is -0.293 e. The normalized spacial score (nSPS) is 12.9. The quantitative estimate of drug-likeness (QED) is 0.596. The summed E-state index contributed by atoms with van der Waals surface area (Å²) in [6.07, 6.45) is 0. The zero-order valence-corrected chi connectivity index (χ0v) is 15.3. The van der Waals surface area contributed by atoms with Crippen LogP contribution in [0.2, 0.25) is 0 Å². The fourth-order valence-corrected chi connectivity index (χ4v) is 4.67. The SMILES string of the molecule is CC(C(=O)c1ccccc1)S(=O)(=O)c1ccc(Br)c2ccccc12. The summed E-state index contributed by atoms with van der Waals surface area (Å²) in [5.74, 6) is -0.400. The Morgan fingerprint density at radius 2 is 1.46 bits per heavy atom. The van der Waals surface area contributed by atoms with Crippen molar-refractivity contribution in [1.29, 1.82) is 0 Å². The topological polar surface area (TPSA) is 51.2 Å². The molecule has 0 bridgehead atoms. The molecule has 1 unspecified atom stereocenters. The van der Waals surface area contributed by atoms with E-state index < -0.39 is 20.9 Å². The Hall–Kier alpha value is -1.98. The van der Waals surface area contributed by atoms with Crippen molar-refractivity contribution in [1.82, 2.24) is 0 Å². The van der Waals surface area contributed by atoms with Crippen LogP contribution < -0.4 is 0 Å². The van der Waals surface area contributed by atoms with Crippen molar-refractivity contribution in [2.75, 3.05) is 0 Å². The van der Waals surface area contributed by atoms with Crippen LogP contribution in [0.5, 0.6) is 0 Å². The van der Waals surface area contributed by atoms with E-state index in [0.717, 1.165) is 9.86 Å². The van der Waals surface area contributed by atoms with Gasteiger partial charge in [-0.05, 0) is 24.4 Å². The van der Waals surface area contributed by atoms with Crippen LogP contribution in [0, 0.1) is 0 Å². The summed E-state index contributed by atoms with van der Waals surface area (Å²) in [6.45, 7) is 1.45. The lowest BCUT2D eigenvalue weighted by Crippen LogP contribution is -2.27. The van der Waals surface area contributed by atoms with E-state index >= 15 is 0 Å². The van der Waals surface area contributed by atoms with Crippen LogP contribution in [0.4, 0.5) is 0 Å². The molecule has 0 aromatic heterocycles. The summed E-state index contributed by atoms with van der Waals surface area (Å²) in [6, 6.07) is 19.0. The van der Waals surface area contributed by atoms with Gasteiger partial charge in [0.25, 0.3) is 0 Å². The van der Waals surface area contributed by atoms with E-state index in [2.05, 4.69) is 15.9 Å². The van der Waals surface area contributed by atoms with Crippen LogP contribution in [-0.2, 0) is 9.84 Å². The molecule has 3 aromatic rings. The van der Waals surface area contributed by atoms with Gasteiger partial charge in [0.2, 0.25) is 0 Å². The number of carbonyl (C=O) groups excluding carboxylic acids is 1. The first-order valence-corrected chi connectivity index (χ1v) is 9.77. The zero-order valence-electron chi connectivity index (χ0n) is 12.9. The Morgan fingerprint density at radius 3 is 2.12 bits per heavy atom. The van der Waals surface area contributed by atoms with Gasteiger partial charge >= 0.3 is 0 Å². The number of hydrogen-bond donors (Lipinski definition) is 0. The lowest BCUT2D eigenvalue weighted by molar-refractivity contribution is 0.0991. The maximum atomic E-state index is 13.0. The molecule has 1 atom stereocenters. The van der Waals surface area contributed by atoms with E-state index in [1.807, 2.05) is 12.1 Å². The van der Waals surface area contributed by atoms with Gasteiger partial charge in [-0.25, -0.2) is 8.42 Å². The molecule has 0 amide bonds. The van der Waals surface area contributed by atoms with Crippen LogP contribution in [0.25, 0.3) is 10.8 Å². The molecule has 0 spiro atoms. The fourth-order valence-electron chi connectivity index (χ4n) is 2.65. The van der Waals surface area contributed by atoms with Crippen LogP contribution >= 0.6 is 15.9 Å². The predicted octanol–water partition coefficient (Wildman–Crippen LogP) is 4.65. The molecule has 0 heterocycles. The molecule has 0 radical (unpaired) electrons. The van der Waals surface area contributed by atoms with E-state index in [1.54, 1.807) is 54.6 Å². The first-order chi connectivity index (χ1) is 11.4. The minimum atomic E-state index is -3.80. The molecular weight excluding hydrogens is 388 g/mol. The molecule has 0 N–H and O–H groups in total. The largest absolute Gasteiger partial charge is 0.293 e. The molecule has 0 saturated carbocycles. The van der Waals surface area contributed by atoms with Crippen LogP contribution in [0.3, 0.4) is 0 Å². The monoisotopic (exact) mass is 402 g/mol. The lowest BCUT2D eigenvalue weighted by Gasteiger charge is -2.15. The number of ketones is 1. The summed E-state index contributed by atoms with van der Waals surface area (Å²) in [5, 5.41) is 0.266. The van der Waals surface area contributed by atoms with E-state index in [4.69, 9.17) is 0 Å². The highest BCUT2D eigenvalue weighted by Crippen LogP contribution is 2.31. The average Bonchev–Trinajstić information content (AvgIpc) is 2.61. The van der Waals surface area contributed by atoms with E-state index in [9.17, 15) is 13.2 Å². The second-order valence-electron chi connectivity index (χ2n) is 5.51. The van der Waals surface area contributed by atoms with E-state index in [0.29, 0.717) is 10.9 Å². The second-order valence-corrected chi connectivity index (χ2v) is 8.60. The highest BCUT2D eigenvalue weighted by Gasteiger charge is 2.31. The number of Topliss-reactive ketones (excluding diaryl/α,β-unsaturated/α-hetero) is 1. The molecule has 122 valence electrons. The van der Waals surface area contributed by atoms with Crippen LogP contribution in [-0.4, -0.2) is 19.5 Å². The third-order valence-corrected chi connectivity index (χ3v) is 6.84. The number of carbonyl (C=O) groups is 1.